The van der Waals surface area contributed by atoms with Gasteiger partial charge in [-0.2, -0.15) is 13.2 Å². The molecule has 13 heteroatoms. The van der Waals surface area contributed by atoms with E-state index in [0.29, 0.717) is 6.54 Å². The third-order valence-corrected chi connectivity index (χ3v) is 8.45. The first-order valence-electron chi connectivity index (χ1n) is 15.8. The third-order valence-electron chi connectivity index (χ3n) is 8.45. The van der Waals surface area contributed by atoms with Crippen molar-refractivity contribution in [2.75, 3.05) is 33.8 Å². The molecule has 0 spiro atoms. The van der Waals surface area contributed by atoms with Gasteiger partial charge in [-0.3, -0.25) is 19.3 Å². The molecule has 0 saturated carbocycles. The zero-order chi connectivity index (χ0) is 35.1. The molecule has 0 radical (unpaired) electrons. The van der Waals surface area contributed by atoms with Crippen LogP contribution in [-0.4, -0.2) is 90.4 Å². The van der Waals surface area contributed by atoms with E-state index in [0.717, 1.165) is 23.3 Å². The average Bonchev–Trinajstić information content (AvgIpc) is 3.45. The molecule has 258 valence electrons. The number of rotatable bonds is 13. The van der Waals surface area contributed by atoms with Gasteiger partial charge in [0, 0.05) is 19.6 Å². The fourth-order valence-corrected chi connectivity index (χ4v) is 5.95. The summed E-state index contributed by atoms with van der Waals surface area (Å²) < 4.78 is 45.1. The maximum Gasteiger partial charge on any atom is 0.416 e. The Bertz CT molecular complexity index is 1670. The Labute approximate surface area is 282 Å². The molecule has 0 bridgehead atoms. The molecule has 0 unspecified atom stereocenters. The molecule has 10 nitrogen and oxygen atoms in total. The lowest BCUT2D eigenvalue weighted by Crippen LogP contribution is -2.74. The summed E-state index contributed by atoms with van der Waals surface area (Å²) in [7, 11) is 3.66. The first-order chi connectivity index (χ1) is 23.4. The number of hydrogen-bond acceptors (Lipinski definition) is 6. The highest BCUT2D eigenvalue weighted by atomic mass is 19.4. The van der Waals surface area contributed by atoms with Gasteiger partial charge in [0.2, 0.25) is 17.7 Å². The second kappa shape index (κ2) is 15.4. The Morgan fingerprint density at radius 2 is 1.67 bits per heavy atom. The van der Waals surface area contributed by atoms with Crippen LogP contribution in [0.5, 0.6) is 0 Å². The zero-order valence-electron chi connectivity index (χ0n) is 27.1. The standard InChI is InChI=1S/C36H38F3N5O5/c1-42(2)19-18-40-33(46)29(21-31(45)41-22-25-12-9-15-27(20-25)36(37,38)39)43-28(17-16-24-10-5-3-6-11-24)32(34(43)47)44-30(23-49-35(44)48)26-13-7-4-8-14-26/h3-17,20,28-30,32H,18-19,21-23H2,1-2H3,(H,40,46)(H,41,45)/b17-16+/t28-,29+,30-,32+/m1/s1. The molecule has 2 fully saturated rings. The van der Waals surface area contributed by atoms with E-state index in [1.807, 2.05) is 79.7 Å². The Balaban J connectivity index is 1.43. The largest absolute Gasteiger partial charge is 0.447 e. The summed E-state index contributed by atoms with van der Waals surface area (Å²) in [6, 6.07) is 19.3. The molecule has 49 heavy (non-hydrogen) atoms. The SMILES string of the molecule is CN(C)CCNC(=O)[C@H](CC(=O)NCc1cccc(C(F)(F)F)c1)N1C(=O)[C@@H](N2C(=O)OC[C@@H]2c2ccccc2)[C@H]1/C=C/c1ccccc1. The molecule has 0 aromatic heterocycles. The van der Waals surface area contributed by atoms with Gasteiger partial charge < -0.3 is 25.2 Å². The predicted octanol–water partition coefficient (Wildman–Crippen LogP) is 4.24. The quantitative estimate of drug-likeness (QED) is 0.262. The maximum absolute atomic E-state index is 14.1. The van der Waals surface area contributed by atoms with Gasteiger partial charge in [0.25, 0.3) is 0 Å². The first-order valence-corrected chi connectivity index (χ1v) is 15.8. The summed E-state index contributed by atoms with van der Waals surface area (Å²) in [5.41, 5.74) is 0.961. The number of benzene rings is 3. The fourth-order valence-electron chi connectivity index (χ4n) is 5.95. The van der Waals surface area contributed by atoms with Crippen LogP contribution >= 0.6 is 0 Å². The number of hydrogen-bond donors (Lipinski definition) is 2. The highest BCUT2D eigenvalue weighted by Gasteiger charge is 2.58. The van der Waals surface area contributed by atoms with Gasteiger partial charge in [0.15, 0.2) is 0 Å². The van der Waals surface area contributed by atoms with E-state index < -0.39 is 66.1 Å². The van der Waals surface area contributed by atoms with Gasteiger partial charge in [0.1, 0.15) is 18.7 Å². The second-order valence-corrected chi connectivity index (χ2v) is 12.2. The second-order valence-electron chi connectivity index (χ2n) is 12.2. The Morgan fingerprint density at radius 1 is 0.980 bits per heavy atom. The summed E-state index contributed by atoms with van der Waals surface area (Å²) in [4.78, 5) is 58.8. The average molecular weight is 678 g/mol. The molecule has 2 heterocycles. The molecular weight excluding hydrogens is 639 g/mol. The molecule has 2 aliphatic heterocycles. The minimum absolute atomic E-state index is 0.0359. The number of β-lactam (4-membered cyclic amide) rings is 1. The minimum Gasteiger partial charge on any atom is -0.447 e. The third kappa shape index (κ3) is 8.47. The van der Waals surface area contributed by atoms with E-state index >= 15 is 0 Å². The Hall–Kier alpha value is -5.17. The molecular formula is C36H38F3N5O5. The monoisotopic (exact) mass is 677 g/mol. The number of nitrogens with zero attached hydrogens (tertiary/aromatic N) is 3. The van der Waals surface area contributed by atoms with Gasteiger partial charge in [0.05, 0.1) is 24.1 Å². The van der Waals surface area contributed by atoms with E-state index in [1.165, 1.54) is 21.9 Å². The summed E-state index contributed by atoms with van der Waals surface area (Å²) in [5, 5.41) is 5.40. The van der Waals surface area contributed by atoms with Crippen LogP contribution in [0.4, 0.5) is 18.0 Å². The van der Waals surface area contributed by atoms with Crippen molar-refractivity contribution >= 4 is 29.9 Å². The molecule has 3 aromatic carbocycles. The predicted molar refractivity (Wildman–Crippen MR) is 176 cm³/mol. The van der Waals surface area contributed by atoms with Crippen LogP contribution < -0.4 is 10.6 Å². The van der Waals surface area contributed by atoms with Crippen LogP contribution in [0.3, 0.4) is 0 Å². The Kier molecular flexibility index (Phi) is 11.0. The summed E-state index contributed by atoms with van der Waals surface area (Å²) in [5.74, 6) is -1.76. The molecule has 2 N–H and O–H groups in total. The molecule has 2 saturated heterocycles. The summed E-state index contributed by atoms with van der Waals surface area (Å²) >= 11 is 0. The number of nitrogens with one attached hydrogen (secondary N) is 2. The Morgan fingerprint density at radius 3 is 2.35 bits per heavy atom. The fraction of sp³-hybridized carbons (Fsp3) is 0.333. The molecule has 2 aliphatic rings. The first kappa shape index (κ1) is 35.1. The maximum atomic E-state index is 14.1. The van der Waals surface area contributed by atoms with E-state index in [1.54, 1.807) is 12.2 Å². The molecule has 4 amide bonds. The van der Waals surface area contributed by atoms with Crippen molar-refractivity contribution < 1.29 is 37.1 Å². The van der Waals surface area contributed by atoms with Crippen LogP contribution in [-0.2, 0) is 31.8 Å². The number of ether oxygens (including phenoxy) is 1. The van der Waals surface area contributed by atoms with Gasteiger partial charge in [-0.1, -0.05) is 84.9 Å². The topological polar surface area (TPSA) is 111 Å². The summed E-state index contributed by atoms with van der Waals surface area (Å²) in [6.07, 6.45) is -2.17. The lowest BCUT2D eigenvalue weighted by atomic mass is 9.87. The van der Waals surface area contributed by atoms with Crippen molar-refractivity contribution in [1.29, 1.82) is 0 Å². The van der Waals surface area contributed by atoms with Crippen molar-refractivity contribution in [3.05, 3.63) is 113 Å². The van der Waals surface area contributed by atoms with E-state index in [9.17, 15) is 32.3 Å². The summed E-state index contributed by atoms with van der Waals surface area (Å²) in [6.45, 7) is 0.545. The molecule has 0 aliphatic carbocycles. The normalized spacial score (nSPS) is 19.9. The number of amides is 4. The minimum atomic E-state index is -4.55. The lowest BCUT2D eigenvalue weighted by Gasteiger charge is -2.52. The molecule has 3 aromatic rings. The van der Waals surface area contributed by atoms with Crippen LogP contribution in [0.1, 0.15) is 34.7 Å². The number of carbonyl (C=O) groups is 4. The number of halogens is 3. The number of carbonyl (C=O) groups excluding carboxylic acids is 4. The number of likely N-dealkylation sites (tertiary alicyclic amines) is 1. The van der Waals surface area contributed by atoms with Crippen molar-refractivity contribution in [2.45, 2.75) is 43.3 Å². The molecule has 4 atom stereocenters. The van der Waals surface area contributed by atoms with Crippen molar-refractivity contribution in [1.82, 2.24) is 25.3 Å². The van der Waals surface area contributed by atoms with Gasteiger partial charge in [-0.25, -0.2) is 4.79 Å². The molecule has 5 rings (SSSR count). The van der Waals surface area contributed by atoms with Crippen molar-refractivity contribution in [2.24, 2.45) is 0 Å². The van der Waals surface area contributed by atoms with Crippen LogP contribution in [0.15, 0.2) is 91.0 Å². The highest BCUT2D eigenvalue weighted by Crippen LogP contribution is 2.39. The number of cyclic esters (lactones) is 1. The number of likely N-dealkylation sites (N-methyl/N-ethyl adjacent to an activating group) is 1. The van der Waals surface area contributed by atoms with E-state index in [4.69, 9.17) is 4.74 Å². The van der Waals surface area contributed by atoms with Crippen molar-refractivity contribution in [3.63, 3.8) is 0 Å². The van der Waals surface area contributed by atoms with Gasteiger partial charge in [-0.15, -0.1) is 0 Å². The highest BCUT2D eigenvalue weighted by molar-refractivity contribution is 5.99. The van der Waals surface area contributed by atoms with Crippen LogP contribution in [0.25, 0.3) is 6.08 Å². The van der Waals surface area contributed by atoms with Crippen LogP contribution in [0.2, 0.25) is 0 Å². The number of alkyl halides is 3. The van der Waals surface area contributed by atoms with Crippen LogP contribution in [0, 0.1) is 0 Å². The zero-order valence-corrected chi connectivity index (χ0v) is 27.1. The smallest absolute Gasteiger partial charge is 0.416 e. The van der Waals surface area contributed by atoms with E-state index in [2.05, 4.69) is 10.6 Å². The van der Waals surface area contributed by atoms with Gasteiger partial charge >= 0.3 is 12.3 Å². The van der Waals surface area contributed by atoms with E-state index in [-0.39, 0.29) is 25.3 Å². The van der Waals surface area contributed by atoms with Gasteiger partial charge in [-0.05, 0) is 42.9 Å². The lowest BCUT2D eigenvalue weighted by molar-refractivity contribution is -0.163. The van der Waals surface area contributed by atoms with Crippen molar-refractivity contribution in [3.8, 4) is 0 Å².